The molecule has 0 saturated heterocycles. The van der Waals surface area contributed by atoms with E-state index in [-0.39, 0.29) is 12.5 Å². The molecule has 9 heteroatoms. The predicted octanol–water partition coefficient (Wildman–Crippen LogP) is 3.10. The zero-order valence-electron chi connectivity index (χ0n) is 20.6. The molecule has 2 rings (SSSR count). The molecule has 2 aromatic carbocycles. The molecule has 0 saturated carbocycles. The fourth-order valence-electron chi connectivity index (χ4n) is 3.58. The number of aryl methyl sites for hydroxylation is 1. The molecule has 0 aliphatic carbocycles. The number of methoxy groups -OCH3 is 1. The molecule has 0 aliphatic heterocycles. The number of hydrogen-bond donors (Lipinski definition) is 1. The minimum Gasteiger partial charge on any atom is -0.497 e. The fourth-order valence-corrected chi connectivity index (χ4v) is 4.43. The van der Waals surface area contributed by atoms with Crippen molar-refractivity contribution in [3.8, 4) is 5.75 Å². The van der Waals surface area contributed by atoms with Gasteiger partial charge in [0.25, 0.3) is 0 Å². The Morgan fingerprint density at radius 1 is 1.09 bits per heavy atom. The number of sulfonamides is 1. The maximum atomic E-state index is 13.6. The first-order valence-corrected chi connectivity index (χ1v) is 13.2. The molecule has 0 aliphatic rings. The largest absolute Gasteiger partial charge is 0.497 e. The monoisotopic (exact) mass is 489 g/mol. The number of carbonyl (C=O) groups excluding carboxylic acids is 2. The van der Waals surface area contributed by atoms with E-state index in [1.54, 1.807) is 43.5 Å². The summed E-state index contributed by atoms with van der Waals surface area (Å²) in [5.41, 5.74) is 2.14. The van der Waals surface area contributed by atoms with Gasteiger partial charge in [-0.05, 0) is 49.6 Å². The van der Waals surface area contributed by atoms with Crippen molar-refractivity contribution in [3.63, 3.8) is 0 Å². The molecule has 2 aromatic rings. The van der Waals surface area contributed by atoms with Gasteiger partial charge in [-0.1, -0.05) is 43.7 Å². The highest BCUT2D eigenvalue weighted by molar-refractivity contribution is 7.92. The van der Waals surface area contributed by atoms with Gasteiger partial charge >= 0.3 is 0 Å². The van der Waals surface area contributed by atoms with E-state index in [0.717, 1.165) is 28.1 Å². The molecular weight excluding hydrogens is 454 g/mol. The summed E-state index contributed by atoms with van der Waals surface area (Å²) in [7, 11) is -2.19. The first kappa shape index (κ1) is 27.2. The van der Waals surface area contributed by atoms with Crippen LogP contribution in [0.15, 0.2) is 48.5 Å². The van der Waals surface area contributed by atoms with Gasteiger partial charge in [0.2, 0.25) is 21.8 Å². The van der Waals surface area contributed by atoms with Crippen LogP contribution in [0, 0.1) is 6.92 Å². The molecule has 34 heavy (non-hydrogen) atoms. The van der Waals surface area contributed by atoms with Crippen LogP contribution in [-0.2, 0) is 26.2 Å². The van der Waals surface area contributed by atoms with Crippen molar-refractivity contribution in [2.24, 2.45) is 0 Å². The lowest BCUT2D eigenvalue weighted by molar-refractivity contribution is -0.140. The molecule has 8 nitrogen and oxygen atoms in total. The van der Waals surface area contributed by atoms with Crippen molar-refractivity contribution < 1.29 is 22.7 Å². The van der Waals surface area contributed by atoms with E-state index in [1.165, 1.54) is 4.90 Å². The quantitative estimate of drug-likeness (QED) is 0.494. The van der Waals surface area contributed by atoms with Crippen molar-refractivity contribution >= 4 is 27.5 Å². The molecule has 1 N–H and O–H groups in total. The highest BCUT2D eigenvalue weighted by atomic mass is 32.2. The lowest BCUT2D eigenvalue weighted by atomic mass is 10.1. The third kappa shape index (κ3) is 7.48. The second-order valence-corrected chi connectivity index (χ2v) is 10.1. The number of benzene rings is 2. The van der Waals surface area contributed by atoms with Crippen molar-refractivity contribution in [1.82, 2.24) is 10.2 Å². The van der Waals surface area contributed by atoms with Gasteiger partial charge in [-0.25, -0.2) is 8.42 Å². The minimum atomic E-state index is -3.74. The van der Waals surface area contributed by atoms with E-state index >= 15 is 0 Å². The summed E-state index contributed by atoms with van der Waals surface area (Å²) in [6.07, 6.45) is 2.22. The van der Waals surface area contributed by atoms with Gasteiger partial charge in [0.05, 0.1) is 19.1 Å². The average Bonchev–Trinajstić information content (AvgIpc) is 2.81. The molecule has 0 fully saturated rings. The Balaban J connectivity index is 2.42. The Hall–Kier alpha value is -3.07. The molecule has 186 valence electrons. The number of ether oxygens (including phenoxy) is 1. The molecule has 0 radical (unpaired) electrons. The lowest BCUT2D eigenvalue weighted by Crippen LogP contribution is -2.52. The van der Waals surface area contributed by atoms with Crippen molar-refractivity contribution in [1.29, 1.82) is 0 Å². The van der Waals surface area contributed by atoms with E-state index in [0.29, 0.717) is 24.4 Å². The van der Waals surface area contributed by atoms with Crippen molar-refractivity contribution in [2.45, 2.75) is 46.2 Å². The van der Waals surface area contributed by atoms with E-state index < -0.39 is 28.5 Å². The van der Waals surface area contributed by atoms with Gasteiger partial charge in [0.1, 0.15) is 18.3 Å². The summed E-state index contributed by atoms with van der Waals surface area (Å²) in [6, 6.07) is 13.4. The topological polar surface area (TPSA) is 96.0 Å². The van der Waals surface area contributed by atoms with Gasteiger partial charge in [-0.3, -0.25) is 13.9 Å². The summed E-state index contributed by atoms with van der Waals surface area (Å²) >= 11 is 0. The smallest absolute Gasteiger partial charge is 0.244 e. The van der Waals surface area contributed by atoms with Crippen LogP contribution in [0.5, 0.6) is 5.75 Å². The molecular formula is C25H35N3O5S. The Morgan fingerprint density at radius 3 is 2.32 bits per heavy atom. The number of rotatable bonds is 12. The zero-order chi connectivity index (χ0) is 25.3. The summed E-state index contributed by atoms with van der Waals surface area (Å²) in [5.74, 6) is -0.0973. The van der Waals surface area contributed by atoms with Gasteiger partial charge in [0.15, 0.2) is 0 Å². The maximum Gasteiger partial charge on any atom is 0.244 e. The Bertz CT molecular complexity index is 1070. The zero-order valence-corrected chi connectivity index (χ0v) is 21.4. The summed E-state index contributed by atoms with van der Waals surface area (Å²) < 4.78 is 31.5. The molecule has 2 amide bonds. The Labute approximate surface area is 202 Å². The number of amides is 2. The SMILES string of the molecule is CCCNC(=O)[C@@H](CC)N(Cc1cccc(OC)c1)C(=O)CN(c1ccc(C)cc1)S(C)(=O)=O. The number of nitrogens with one attached hydrogen (secondary N) is 1. The van der Waals surface area contributed by atoms with E-state index in [9.17, 15) is 18.0 Å². The standard InChI is InChI=1S/C25H35N3O5S/c1-6-15-26-25(30)23(7-2)27(17-20-9-8-10-22(16-20)33-4)24(29)18-28(34(5,31)32)21-13-11-19(3)12-14-21/h8-14,16,23H,6-7,15,17-18H2,1-5H3,(H,26,30)/t23-/m1/s1. The highest BCUT2D eigenvalue weighted by Crippen LogP contribution is 2.21. The molecule has 0 heterocycles. The third-order valence-corrected chi connectivity index (χ3v) is 6.56. The van der Waals surface area contributed by atoms with Crippen LogP contribution < -0.4 is 14.4 Å². The molecule has 0 bridgehead atoms. The number of hydrogen-bond acceptors (Lipinski definition) is 5. The molecule has 0 spiro atoms. The van der Waals surface area contributed by atoms with Crippen molar-refractivity contribution in [3.05, 3.63) is 59.7 Å². The van der Waals surface area contributed by atoms with Crippen molar-refractivity contribution in [2.75, 3.05) is 30.8 Å². The van der Waals surface area contributed by atoms with E-state index in [4.69, 9.17) is 4.74 Å². The van der Waals surface area contributed by atoms with Gasteiger partial charge in [0, 0.05) is 13.1 Å². The van der Waals surface area contributed by atoms with Crippen LogP contribution in [0.2, 0.25) is 0 Å². The summed E-state index contributed by atoms with van der Waals surface area (Å²) in [4.78, 5) is 28.0. The second-order valence-electron chi connectivity index (χ2n) is 8.19. The third-order valence-electron chi connectivity index (χ3n) is 5.42. The van der Waals surface area contributed by atoms with E-state index in [1.807, 2.05) is 32.9 Å². The van der Waals surface area contributed by atoms with Crippen LogP contribution in [0.25, 0.3) is 0 Å². The predicted molar refractivity (Wildman–Crippen MR) is 134 cm³/mol. The molecule has 0 unspecified atom stereocenters. The van der Waals surface area contributed by atoms with Gasteiger partial charge < -0.3 is 15.0 Å². The van der Waals surface area contributed by atoms with Crippen LogP contribution in [0.3, 0.4) is 0 Å². The van der Waals surface area contributed by atoms with Crippen LogP contribution >= 0.6 is 0 Å². The average molecular weight is 490 g/mol. The Morgan fingerprint density at radius 2 is 1.76 bits per heavy atom. The highest BCUT2D eigenvalue weighted by Gasteiger charge is 2.31. The minimum absolute atomic E-state index is 0.138. The lowest BCUT2D eigenvalue weighted by Gasteiger charge is -2.33. The summed E-state index contributed by atoms with van der Waals surface area (Å²) in [6.45, 7) is 5.90. The van der Waals surface area contributed by atoms with Gasteiger partial charge in [-0.15, -0.1) is 0 Å². The first-order chi connectivity index (χ1) is 16.1. The molecule has 0 aromatic heterocycles. The van der Waals surface area contributed by atoms with Crippen LogP contribution in [0.4, 0.5) is 5.69 Å². The van der Waals surface area contributed by atoms with Gasteiger partial charge in [-0.2, -0.15) is 0 Å². The molecule has 1 atom stereocenters. The number of nitrogens with zero attached hydrogens (tertiary/aromatic N) is 2. The Kier molecular flexibility index (Phi) is 9.92. The number of carbonyl (C=O) groups is 2. The normalized spacial score (nSPS) is 12.0. The van der Waals surface area contributed by atoms with Crippen LogP contribution in [-0.4, -0.2) is 57.6 Å². The summed E-state index contributed by atoms with van der Waals surface area (Å²) in [5, 5.41) is 2.86. The van der Waals surface area contributed by atoms with Crippen LogP contribution in [0.1, 0.15) is 37.8 Å². The second kappa shape index (κ2) is 12.4. The fraction of sp³-hybridized carbons (Fsp3) is 0.440. The van der Waals surface area contributed by atoms with E-state index in [2.05, 4.69) is 5.32 Å². The first-order valence-electron chi connectivity index (χ1n) is 11.3. The maximum absolute atomic E-state index is 13.6. The number of anilines is 1.